The first kappa shape index (κ1) is 18.6. The van der Waals surface area contributed by atoms with E-state index in [9.17, 15) is 0 Å². The predicted molar refractivity (Wildman–Crippen MR) is 109 cm³/mol. The van der Waals surface area contributed by atoms with Gasteiger partial charge < -0.3 is 15.5 Å². The monoisotopic (exact) mass is 417 g/mol. The third-order valence-corrected chi connectivity index (χ3v) is 4.81. The largest absolute Gasteiger partial charge is 0.369 e. The second kappa shape index (κ2) is 8.95. The summed E-state index contributed by atoms with van der Waals surface area (Å²) >= 11 is 3.53. The first-order valence-electron chi connectivity index (χ1n) is 8.84. The van der Waals surface area contributed by atoms with E-state index in [2.05, 4.69) is 60.4 Å². The summed E-state index contributed by atoms with van der Waals surface area (Å²) in [5.74, 6) is 1.72. The molecule has 0 saturated carbocycles. The van der Waals surface area contributed by atoms with Crippen LogP contribution in [0.25, 0.3) is 5.65 Å². The number of hydrogen-bond acceptors (Lipinski definition) is 6. The van der Waals surface area contributed by atoms with Crippen LogP contribution in [0.5, 0.6) is 0 Å². The number of rotatable bonds is 9. The highest BCUT2D eigenvalue weighted by molar-refractivity contribution is 9.10. The number of halogens is 1. The van der Waals surface area contributed by atoms with Crippen molar-refractivity contribution in [2.75, 3.05) is 36.8 Å². The molecule has 8 heteroatoms. The van der Waals surface area contributed by atoms with Gasteiger partial charge in [0.05, 0.1) is 10.7 Å². The average Bonchev–Trinajstić information content (AvgIpc) is 3.05. The second-order valence-corrected chi connectivity index (χ2v) is 6.78. The summed E-state index contributed by atoms with van der Waals surface area (Å²) in [4.78, 5) is 11.2. The SMILES string of the molecule is CCN(CC)CCNc1cc(NCc2cccnc2)n2ncc(Br)c2n1. The van der Waals surface area contributed by atoms with Crippen LogP contribution in [0.15, 0.2) is 41.3 Å². The third kappa shape index (κ3) is 4.50. The molecule has 0 fully saturated rings. The number of nitrogens with one attached hydrogen (secondary N) is 2. The van der Waals surface area contributed by atoms with Crippen molar-refractivity contribution >= 4 is 33.2 Å². The Labute approximate surface area is 162 Å². The molecule has 0 aliphatic heterocycles. The van der Waals surface area contributed by atoms with Crippen molar-refractivity contribution in [2.45, 2.75) is 20.4 Å². The van der Waals surface area contributed by atoms with Crippen molar-refractivity contribution in [3.63, 3.8) is 0 Å². The molecule has 0 radical (unpaired) electrons. The molecule has 0 saturated heterocycles. The fourth-order valence-corrected chi connectivity index (χ4v) is 3.08. The fourth-order valence-electron chi connectivity index (χ4n) is 2.73. The molecular weight excluding hydrogens is 394 g/mol. The highest BCUT2D eigenvalue weighted by Gasteiger charge is 2.10. The summed E-state index contributed by atoms with van der Waals surface area (Å²) in [6.45, 7) is 8.96. The average molecular weight is 418 g/mol. The molecule has 0 amide bonds. The Morgan fingerprint density at radius 1 is 1.19 bits per heavy atom. The molecule has 138 valence electrons. The van der Waals surface area contributed by atoms with Crippen LogP contribution in [0, 0.1) is 0 Å². The maximum absolute atomic E-state index is 4.67. The number of aromatic nitrogens is 4. The molecule has 0 aliphatic rings. The van der Waals surface area contributed by atoms with Crippen molar-refractivity contribution in [3.05, 3.63) is 46.8 Å². The summed E-state index contributed by atoms with van der Waals surface area (Å²) in [5.41, 5.74) is 1.89. The van der Waals surface area contributed by atoms with Crippen molar-refractivity contribution < 1.29 is 0 Å². The minimum Gasteiger partial charge on any atom is -0.369 e. The number of likely N-dealkylation sites (N-methyl/N-ethyl adjacent to an activating group) is 1. The summed E-state index contributed by atoms with van der Waals surface area (Å²) < 4.78 is 2.67. The maximum atomic E-state index is 4.67. The summed E-state index contributed by atoms with van der Waals surface area (Å²) in [5, 5.41) is 11.3. The second-order valence-electron chi connectivity index (χ2n) is 5.92. The van der Waals surface area contributed by atoms with Crippen LogP contribution in [0.2, 0.25) is 0 Å². The van der Waals surface area contributed by atoms with E-state index >= 15 is 0 Å². The minimum absolute atomic E-state index is 0.670. The highest BCUT2D eigenvalue weighted by Crippen LogP contribution is 2.22. The van der Waals surface area contributed by atoms with Gasteiger partial charge >= 0.3 is 0 Å². The smallest absolute Gasteiger partial charge is 0.173 e. The van der Waals surface area contributed by atoms with Gasteiger partial charge in [-0.05, 0) is 40.6 Å². The van der Waals surface area contributed by atoms with E-state index in [1.54, 1.807) is 16.9 Å². The standard InChI is InChI=1S/C18H24BrN7/c1-3-25(4-2)9-8-21-16-10-17(22-12-14-6-5-7-20-11-14)26-18(24-16)15(19)13-23-26/h5-7,10-11,13,22H,3-4,8-9,12H2,1-2H3,(H,21,24). The minimum atomic E-state index is 0.670. The normalized spacial score (nSPS) is 11.2. The number of hydrogen-bond donors (Lipinski definition) is 2. The van der Waals surface area contributed by atoms with Gasteiger partial charge in [-0.15, -0.1) is 0 Å². The zero-order valence-electron chi connectivity index (χ0n) is 15.1. The Kier molecular flexibility index (Phi) is 6.40. The van der Waals surface area contributed by atoms with Gasteiger partial charge in [0.2, 0.25) is 0 Å². The van der Waals surface area contributed by atoms with Crippen LogP contribution >= 0.6 is 15.9 Å². The Hall–Kier alpha value is -2.19. The highest BCUT2D eigenvalue weighted by atomic mass is 79.9. The number of nitrogens with zero attached hydrogens (tertiary/aromatic N) is 5. The van der Waals surface area contributed by atoms with E-state index < -0.39 is 0 Å². The third-order valence-electron chi connectivity index (χ3n) is 4.25. The van der Waals surface area contributed by atoms with Gasteiger partial charge in [-0.2, -0.15) is 9.61 Å². The molecule has 3 rings (SSSR count). The molecule has 0 aliphatic carbocycles. The van der Waals surface area contributed by atoms with E-state index in [4.69, 9.17) is 0 Å². The predicted octanol–water partition coefficient (Wildman–Crippen LogP) is 3.25. The first-order chi connectivity index (χ1) is 12.7. The molecule has 7 nitrogen and oxygen atoms in total. The van der Waals surface area contributed by atoms with Crippen LogP contribution < -0.4 is 10.6 Å². The van der Waals surface area contributed by atoms with Gasteiger partial charge in [0.15, 0.2) is 5.65 Å². The zero-order valence-corrected chi connectivity index (χ0v) is 16.7. The Morgan fingerprint density at radius 2 is 2.04 bits per heavy atom. The lowest BCUT2D eigenvalue weighted by molar-refractivity contribution is 0.316. The molecule has 3 heterocycles. The molecule has 0 spiro atoms. The van der Waals surface area contributed by atoms with Crippen LogP contribution in [-0.4, -0.2) is 50.7 Å². The molecule has 0 aromatic carbocycles. The lowest BCUT2D eigenvalue weighted by atomic mass is 10.3. The van der Waals surface area contributed by atoms with Crippen LogP contribution in [0.3, 0.4) is 0 Å². The molecule has 3 aromatic heterocycles. The molecule has 26 heavy (non-hydrogen) atoms. The van der Waals surface area contributed by atoms with Crippen LogP contribution in [-0.2, 0) is 6.54 Å². The lowest BCUT2D eigenvalue weighted by Gasteiger charge is -2.18. The van der Waals surface area contributed by atoms with Crippen molar-refractivity contribution in [2.24, 2.45) is 0 Å². The molecular formula is C18H24BrN7. The molecule has 0 atom stereocenters. The summed E-state index contributed by atoms with van der Waals surface area (Å²) in [6.07, 6.45) is 5.39. The van der Waals surface area contributed by atoms with E-state index in [1.807, 2.05) is 24.4 Å². The van der Waals surface area contributed by atoms with E-state index in [0.29, 0.717) is 6.54 Å². The van der Waals surface area contributed by atoms with Gasteiger partial charge in [-0.1, -0.05) is 19.9 Å². The molecule has 3 aromatic rings. The zero-order chi connectivity index (χ0) is 18.4. The van der Waals surface area contributed by atoms with Crippen molar-refractivity contribution in [1.82, 2.24) is 24.5 Å². The summed E-state index contributed by atoms with van der Waals surface area (Å²) in [6, 6.07) is 5.97. The maximum Gasteiger partial charge on any atom is 0.173 e. The molecule has 0 bridgehead atoms. The van der Waals surface area contributed by atoms with Gasteiger partial charge in [-0.25, -0.2) is 4.98 Å². The van der Waals surface area contributed by atoms with E-state index in [1.165, 1.54) is 0 Å². The fraction of sp³-hybridized carbons (Fsp3) is 0.389. The molecule has 0 unspecified atom stereocenters. The lowest BCUT2D eigenvalue weighted by Crippen LogP contribution is -2.28. The Bertz CT molecular complexity index is 830. The number of anilines is 2. The van der Waals surface area contributed by atoms with Gasteiger partial charge in [-0.3, -0.25) is 4.98 Å². The Balaban J connectivity index is 1.76. The Morgan fingerprint density at radius 3 is 2.77 bits per heavy atom. The van der Waals surface area contributed by atoms with Crippen LogP contribution in [0.4, 0.5) is 11.6 Å². The quantitative estimate of drug-likeness (QED) is 0.556. The number of pyridine rings is 1. The van der Waals surface area contributed by atoms with Gasteiger partial charge in [0.1, 0.15) is 11.6 Å². The first-order valence-corrected chi connectivity index (χ1v) is 9.63. The number of fused-ring (bicyclic) bond motifs is 1. The summed E-state index contributed by atoms with van der Waals surface area (Å²) in [7, 11) is 0. The van der Waals surface area contributed by atoms with Gasteiger partial charge in [0, 0.05) is 38.1 Å². The van der Waals surface area contributed by atoms with Gasteiger partial charge in [0.25, 0.3) is 0 Å². The van der Waals surface area contributed by atoms with E-state index in [-0.39, 0.29) is 0 Å². The van der Waals surface area contributed by atoms with Crippen molar-refractivity contribution in [1.29, 1.82) is 0 Å². The molecule has 2 N–H and O–H groups in total. The topological polar surface area (TPSA) is 70.4 Å². The van der Waals surface area contributed by atoms with E-state index in [0.717, 1.165) is 53.5 Å². The van der Waals surface area contributed by atoms with Crippen molar-refractivity contribution in [3.8, 4) is 0 Å². The van der Waals surface area contributed by atoms with Crippen LogP contribution in [0.1, 0.15) is 19.4 Å².